The van der Waals surface area contributed by atoms with Crippen molar-refractivity contribution in [2.45, 2.75) is 22.7 Å². The summed E-state index contributed by atoms with van der Waals surface area (Å²) in [5.74, 6) is 0. The van der Waals surface area contributed by atoms with E-state index >= 15 is 0 Å². The van der Waals surface area contributed by atoms with Gasteiger partial charge in [0.15, 0.2) is 0 Å². The molecular formula is C56H50O8Si8. The highest BCUT2D eigenvalue weighted by Crippen LogP contribution is 2.52. The van der Waals surface area contributed by atoms with Gasteiger partial charge in [-0.15, -0.1) is 0 Å². The van der Waals surface area contributed by atoms with Crippen molar-refractivity contribution < 1.29 is 32.9 Å². The summed E-state index contributed by atoms with van der Waals surface area (Å²) in [5, 5.41) is 10.2. The van der Waals surface area contributed by atoms with Crippen molar-refractivity contribution in [2.75, 3.05) is 0 Å². The van der Waals surface area contributed by atoms with Crippen molar-refractivity contribution in [3.05, 3.63) is 255 Å². The van der Waals surface area contributed by atoms with Gasteiger partial charge in [-0.3, -0.25) is 0 Å². The van der Waals surface area contributed by atoms with E-state index in [1.165, 1.54) is 0 Å². The van der Waals surface area contributed by atoms with Crippen LogP contribution >= 0.6 is 0 Å². The molecule has 0 aromatic heterocycles. The molecule has 6 aliphatic heterocycles. The summed E-state index contributed by atoms with van der Waals surface area (Å²) < 4.78 is 70.3. The molecule has 0 amide bonds. The minimum atomic E-state index is -4.04. The first-order valence-corrected chi connectivity index (χ1v) is 41.0. The second-order valence-electron chi connectivity index (χ2n) is 19.7. The van der Waals surface area contributed by atoms with Gasteiger partial charge in [-0.2, -0.15) is 0 Å². The lowest BCUT2D eigenvalue weighted by Crippen LogP contribution is -2.93. The monoisotopic (exact) mass is 1070 g/mol. The molecule has 72 heavy (non-hydrogen) atoms. The average molecular weight is 1080 g/mol. The zero-order valence-corrected chi connectivity index (χ0v) is 47.3. The number of hydrogen-bond acceptors (Lipinski definition) is 8. The first-order chi connectivity index (χ1) is 35.3. The maximum atomic E-state index is 8.86. The molecule has 6 heterocycles. The van der Waals surface area contributed by atoms with Gasteiger partial charge in [0, 0.05) is 22.7 Å². The van der Waals surface area contributed by atoms with Crippen molar-refractivity contribution >= 4 is 121 Å². The van der Waals surface area contributed by atoms with Crippen LogP contribution in [0, 0.1) is 0 Å². The normalized spacial score (nSPS) is 32.5. The number of rotatable bonds is 8. The maximum Gasteiger partial charge on any atom is 0.357 e. The van der Waals surface area contributed by atoms with Crippen LogP contribution in [0.4, 0.5) is 0 Å². The minimum Gasteiger partial charge on any atom is -0.409 e. The van der Waals surface area contributed by atoms with Gasteiger partial charge in [0.2, 0.25) is 0 Å². The summed E-state index contributed by atoms with van der Waals surface area (Å²) >= 11 is 0. The molecule has 9 aromatic carbocycles. The Morgan fingerprint density at radius 1 is 0.181 bits per heavy atom. The molecule has 8 atom stereocenters. The van der Waals surface area contributed by atoms with Gasteiger partial charge in [-0.05, 0) is 52.3 Å². The number of fused-ring (bicyclic) bond motifs is 1. The second kappa shape index (κ2) is 17.1. The molecule has 8 nitrogen and oxygen atoms in total. The second-order valence-corrected chi connectivity index (χ2v) is 48.5. The van der Waals surface area contributed by atoms with Crippen LogP contribution in [-0.2, 0) is 32.9 Å². The predicted octanol–water partition coefficient (Wildman–Crippen LogP) is 6.29. The molecular weight excluding hydrogens is 1030 g/mol. The molecule has 8 unspecified atom stereocenters. The van der Waals surface area contributed by atoms with Crippen LogP contribution < -0.4 is 41.5 Å². The van der Waals surface area contributed by atoms with Gasteiger partial charge in [0.05, 0.1) is 0 Å². The molecule has 0 aliphatic carbocycles. The van der Waals surface area contributed by atoms with E-state index in [9.17, 15) is 0 Å². The quantitative estimate of drug-likeness (QED) is 0.165. The van der Waals surface area contributed by atoms with Crippen molar-refractivity contribution in [1.29, 1.82) is 0 Å². The lowest BCUT2D eigenvalue weighted by Gasteiger charge is -2.65. The van der Waals surface area contributed by atoms with Gasteiger partial charge < -0.3 is 32.9 Å². The Morgan fingerprint density at radius 3 is 0.611 bits per heavy atom. The van der Waals surface area contributed by atoms with Gasteiger partial charge in [0.1, 0.15) is 0 Å². The first kappa shape index (κ1) is 45.3. The number of benzene rings is 9. The smallest absolute Gasteiger partial charge is 0.357 e. The van der Waals surface area contributed by atoms with E-state index in [1.54, 1.807) is 0 Å². The van der Waals surface area contributed by atoms with E-state index < -0.39 is 68.5 Å². The fourth-order valence-corrected chi connectivity index (χ4v) is 78.0. The van der Waals surface area contributed by atoms with Gasteiger partial charge in [-0.1, -0.05) is 255 Å². The average Bonchev–Trinajstić information content (AvgIpc) is 3.42. The van der Waals surface area contributed by atoms with E-state index in [2.05, 4.69) is 255 Å². The summed E-state index contributed by atoms with van der Waals surface area (Å²) in [4.78, 5) is 0. The van der Waals surface area contributed by atoms with Gasteiger partial charge in [0.25, 0.3) is 0 Å². The predicted molar refractivity (Wildman–Crippen MR) is 300 cm³/mol. The van der Waals surface area contributed by atoms with Crippen molar-refractivity contribution in [2.24, 2.45) is 0 Å². The van der Waals surface area contributed by atoms with Crippen LogP contribution in [0.3, 0.4) is 0 Å². The summed E-state index contributed by atoms with van der Waals surface area (Å²) in [7, 11) is -31.9. The van der Waals surface area contributed by atoms with Crippen molar-refractivity contribution in [3.8, 4) is 0 Å². The largest absolute Gasteiger partial charge is 0.409 e. The third-order valence-corrected chi connectivity index (χ3v) is 60.9. The van der Waals surface area contributed by atoms with E-state index in [4.69, 9.17) is 32.9 Å². The molecule has 0 saturated carbocycles. The molecule has 6 saturated heterocycles. The Labute approximate surface area is 428 Å². The molecule has 6 fully saturated rings. The molecule has 0 spiro atoms. The molecule has 9 aromatic rings. The fourth-order valence-electron chi connectivity index (χ4n) is 12.1. The lowest BCUT2D eigenvalue weighted by molar-refractivity contribution is 0.195. The Morgan fingerprint density at radius 2 is 0.375 bits per heavy atom. The van der Waals surface area contributed by atoms with Crippen LogP contribution in [0.2, 0.25) is 22.7 Å². The van der Waals surface area contributed by atoms with Crippen LogP contribution in [0.15, 0.2) is 255 Å². The highest BCUT2D eigenvalue weighted by molar-refractivity contribution is 7.23. The van der Waals surface area contributed by atoms with Crippen LogP contribution in [0.5, 0.6) is 0 Å². The lowest BCUT2D eigenvalue weighted by atomic mass is 10.1. The third kappa shape index (κ3) is 7.21. The SMILES string of the molecule is c1ccc([Si]23C[Si]4(c5ccccc5)O[Si]5(c6ccccc6)C[Si]6(c7ccccc7)O[Si](c7ccccc7)(C[Si](c7ccccc7)(O2)O5)O[Si](c2ccccc2)(C[Si](c2ccc5ccccc5c2)(O4)O6)O3)cc1. The Hall–Kier alpha value is -5.34. The number of hydrogen-bond donors (Lipinski definition) is 0. The van der Waals surface area contributed by atoms with Gasteiger partial charge >= 0.3 is 68.5 Å². The highest BCUT2D eigenvalue weighted by atomic mass is 28.6. The molecule has 16 heteroatoms. The molecule has 8 bridgehead atoms. The molecule has 0 radical (unpaired) electrons. The molecule has 15 rings (SSSR count). The maximum absolute atomic E-state index is 8.86. The van der Waals surface area contributed by atoms with E-state index in [0.717, 1.165) is 52.3 Å². The molecule has 0 N–H and O–H groups in total. The Balaban J connectivity index is 1.21. The van der Waals surface area contributed by atoms with Crippen LogP contribution in [0.1, 0.15) is 0 Å². The van der Waals surface area contributed by atoms with E-state index in [1.807, 2.05) is 0 Å². The van der Waals surface area contributed by atoms with Crippen LogP contribution in [-0.4, -0.2) is 68.5 Å². The van der Waals surface area contributed by atoms with Gasteiger partial charge in [-0.25, -0.2) is 0 Å². The summed E-state index contributed by atoms with van der Waals surface area (Å²) in [6.45, 7) is 0. The fraction of sp³-hybridized carbons (Fsp3) is 0.0714. The highest BCUT2D eigenvalue weighted by Gasteiger charge is 2.81. The minimum absolute atomic E-state index is 0.366. The summed E-state index contributed by atoms with van der Waals surface area (Å²) in [6.07, 6.45) is 0. The zero-order chi connectivity index (χ0) is 48.0. The molecule has 354 valence electrons. The van der Waals surface area contributed by atoms with Crippen molar-refractivity contribution in [3.63, 3.8) is 0 Å². The summed E-state index contributed by atoms with van der Waals surface area (Å²) in [5.41, 5.74) is 1.49. The standard InChI is InChI=1S/C56H50O8Si8/c1-8-26-49(27-9-1)65-43-66(50-28-10-2-11-29-50)59-69(53-34-16-5-17-35-53)44-67(57-65,51-30-12-3-13-31-51)60-70(54-36-18-6-19-37-54)45-68(58-65,52-32-14-4-15-33-52)62-71(61-66,55-38-20-7-21-39-55)46-72(63-69,64-70)56-41-40-47-24-22-23-25-48(47)42-56/h1-42H,43-46H2. The van der Waals surface area contributed by atoms with E-state index in [0.29, 0.717) is 22.7 Å². The van der Waals surface area contributed by atoms with Crippen molar-refractivity contribution in [1.82, 2.24) is 0 Å². The van der Waals surface area contributed by atoms with Crippen LogP contribution in [0.25, 0.3) is 10.8 Å². The topological polar surface area (TPSA) is 73.8 Å². The van der Waals surface area contributed by atoms with E-state index in [-0.39, 0.29) is 0 Å². The molecule has 6 aliphatic rings. The first-order valence-electron chi connectivity index (χ1n) is 24.8. The Kier molecular flexibility index (Phi) is 10.8. The Bertz CT molecular complexity index is 3140. The zero-order valence-electron chi connectivity index (χ0n) is 39.3. The summed E-state index contributed by atoms with van der Waals surface area (Å²) in [6, 6.07) is 90.2. The third-order valence-electron chi connectivity index (χ3n) is 15.2.